The molecule has 5 heteroatoms. The van der Waals surface area contributed by atoms with E-state index in [9.17, 15) is 10.1 Å². The molecular weight excluding hydrogens is 408 g/mol. The minimum Gasteiger partial charge on any atom is -0.368 e. The van der Waals surface area contributed by atoms with Gasteiger partial charge in [0, 0.05) is 48.9 Å². The molecule has 0 radical (unpaired) electrons. The number of anilines is 1. The zero-order chi connectivity index (χ0) is 23.5. The largest absolute Gasteiger partial charge is 0.368 e. The lowest BCUT2D eigenvalue weighted by Crippen LogP contribution is -2.49. The zero-order valence-corrected chi connectivity index (χ0v) is 19.8. The minimum absolute atomic E-state index is 0.185. The maximum atomic E-state index is 13.2. The Hall–Kier alpha value is -3.78. The lowest BCUT2D eigenvalue weighted by Gasteiger charge is -2.36. The Balaban J connectivity index is 1.56. The van der Waals surface area contributed by atoms with Gasteiger partial charge in [0.25, 0.3) is 5.91 Å². The Morgan fingerprint density at radius 1 is 0.939 bits per heavy atom. The second kappa shape index (κ2) is 9.38. The summed E-state index contributed by atoms with van der Waals surface area (Å²) in [5, 5.41) is 9.80. The summed E-state index contributed by atoms with van der Waals surface area (Å²) >= 11 is 0. The summed E-state index contributed by atoms with van der Waals surface area (Å²) in [7, 11) is 0. The van der Waals surface area contributed by atoms with Crippen molar-refractivity contribution in [3.8, 4) is 11.8 Å². The summed E-state index contributed by atoms with van der Waals surface area (Å²) in [5.41, 5.74) is 7.95. The molecule has 168 valence electrons. The quantitative estimate of drug-likeness (QED) is 0.427. The summed E-state index contributed by atoms with van der Waals surface area (Å²) in [6.45, 7) is 11.1. The van der Waals surface area contributed by atoms with Crippen LogP contribution < -0.4 is 4.90 Å². The maximum Gasteiger partial charge on any atom is 0.264 e. The summed E-state index contributed by atoms with van der Waals surface area (Å²) in [6, 6.07) is 20.7. The summed E-state index contributed by atoms with van der Waals surface area (Å²) < 4.78 is 2.20. The van der Waals surface area contributed by atoms with Crippen molar-refractivity contribution in [2.75, 3.05) is 31.1 Å². The van der Waals surface area contributed by atoms with Gasteiger partial charge in [-0.15, -0.1) is 0 Å². The van der Waals surface area contributed by atoms with Crippen molar-refractivity contribution in [1.29, 1.82) is 5.26 Å². The van der Waals surface area contributed by atoms with Crippen molar-refractivity contribution in [1.82, 2.24) is 9.47 Å². The van der Waals surface area contributed by atoms with Crippen molar-refractivity contribution in [3.05, 3.63) is 88.2 Å². The molecule has 1 aliphatic heterocycles. The molecule has 0 aliphatic carbocycles. The highest BCUT2D eigenvalue weighted by Crippen LogP contribution is 2.26. The Labute approximate surface area is 196 Å². The molecule has 1 aromatic heterocycles. The van der Waals surface area contributed by atoms with Gasteiger partial charge in [0.2, 0.25) is 0 Å². The van der Waals surface area contributed by atoms with Crippen LogP contribution in [-0.2, 0) is 4.79 Å². The van der Waals surface area contributed by atoms with Crippen LogP contribution in [0.15, 0.2) is 60.2 Å². The monoisotopic (exact) mass is 438 g/mol. The number of carbonyl (C=O) groups is 1. The molecule has 0 atom stereocenters. The van der Waals surface area contributed by atoms with E-state index in [0.29, 0.717) is 13.1 Å². The first-order valence-corrected chi connectivity index (χ1v) is 11.4. The van der Waals surface area contributed by atoms with Crippen LogP contribution in [-0.4, -0.2) is 41.6 Å². The minimum atomic E-state index is -0.193. The molecule has 1 aliphatic rings. The third-order valence-corrected chi connectivity index (χ3v) is 6.63. The van der Waals surface area contributed by atoms with E-state index in [2.05, 4.69) is 72.7 Å². The summed E-state index contributed by atoms with van der Waals surface area (Å²) in [6.07, 6.45) is 1.75. The van der Waals surface area contributed by atoms with E-state index in [1.54, 1.807) is 11.0 Å². The fraction of sp³-hybridized carbons (Fsp3) is 0.286. The molecule has 0 saturated carbocycles. The van der Waals surface area contributed by atoms with Gasteiger partial charge in [-0.2, -0.15) is 5.26 Å². The molecule has 0 N–H and O–H groups in total. The van der Waals surface area contributed by atoms with E-state index >= 15 is 0 Å². The van der Waals surface area contributed by atoms with Crippen molar-refractivity contribution >= 4 is 17.7 Å². The van der Waals surface area contributed by atoms with E-state index in [-0.39, 0.29) is 11.5 Å². The van der Waals surface area contributed by atoms with Gasteiger partial charge in [0.1, 0.15) is 11.6 Å². The molecule has 33 heavy (non-hydrogen) atoms. The highest BCUT2D eigenvalue weighted by molar-refractivity contribution is 6.02. The molecule has 3 aromatic rings. The smallest absolute Gasteiger partial charge is 0.264 e. The van der Waals surface area contributed by atoms with Gasteiger partial charge in [0.15, 0.2) is 0 Å². The number of aromatic nitrogens is 1. The SMILES string of the molecule is Cc1cccc(-n2c(C)cc(C=C(C#N)C(=O)N3CCN(c4ccccc4)CC3)c2C)c1C. The van der Waals surface area contributed by atoms with E-state index in [0.717, 1.165) is 35.7 Å². The number of hydrogen-bond acceptors (Lipinski definition) is 3. The molecule has 2 heterocycles. The van der Waals surface area contributed by atoms with Crippen molar-refractivity contribution in [2.45, 2.75) is 27.7 Å². The predicted octanol–water partition coefficient (Wildman–Crippen LogP) is 4.97. The normalized spacial score (nSPS) is 14.3. The number of hydrogen-bond donors (Lipinski definition) is 0. The highest BCUT2D eigenvalue weighted by Gasteiger charge is 2.24. The first-order valence-electron chi connectivity index (χ1n) is 11.4. The topological polar surface area (TPSA) is 52.3 Å². The van der Waals surface area contributed by atoms with Crippen molar-refractivity contribution in [3.63, 3.8) is 0 Å². The fourth-order valence-electron chi connectivity index (χ4n) is 4.56. The number of piperazine rings is 1. The number of para-hydroxylation sites is 1. The number of nitrogens with zero attached hydrogens (tertiary/aromatic N) is 4. The van der Waals surface area contributed by atoms with Crippen LogP contribution in [0.2, 0.25) is 0 Å². The van der Waals surface area contributed by atoms with Gasteiger partial charge >= 0.3 is 0 Å². The zero-order valence-electron chi connectivity index (χ0n) is 19.8. The third-order valence-electron chi connectivity index (χ3n) is 6.63. The Morgan fingerprint density at radius 3 is 2.30 bits per heavy atom. The van der Waals surface area contributed by atoms with Gasteiger partial charge in [-0.05, 0) is 74.7 Å². The number of rotatable bonds is 4. The number of nitriles is 1. The van der Waals surface area contributed by atoms with Crippen LogP contribution in [0, 0.1) is 39.0 Å². The van der Waals surface area contributed by atoms with E-state index in [1.807, 2.05) is 25.1 Å². The van der Waals surface area contributed by atoms with Crippen LogP contribution >= 0.6 is 0 Å². The van der Waals surface area contributed by atoms with Crippen LogP contribution in [0.3, 0.4) is 0 Å². The first kappa shape index (κ1) is 22.4. The summed E-state index contributed by atoms with van der Waals surface area (Å²) in [5.74, 6) is -0.193. The number of aryl methyl sites for hydroxylation is 2. The average molecular weight is 439 g/mol. The van der Waals surface area contributed by atoms with Gasteiger partial charge in [-0.25, -0.2) is 0 Å². The number of benzene rings is 2. The molecule has 0 bridgehead atoms. The Bertz CT molecular complexity index is 1240. The maximum absolute atomic E-state index is 13.2. The Morgan fingerprint density at radius 2 is 1.64 bits per heavy atom. The molecule has 4 rings (SSSR count). The first-order chi connectivity index (χ1) is 15.9. The molecule has 1 fully saturated rings. The number of amides is 1. The standard InChI is InChI=1S/C28H30N4O/c1-20-9-8-12-27(22(20)3)32-21(2)17-24(23(32)4)18-25(19-29)28(33)31-15-13-30(14-16-31)26-10-6-5-7-11-26/h5-12,17-18H,13-16H2,1-4H3. The van der Waals surface area contributed by atoms with Crippen molar-refractivity contribution < 1.29 is 4.79 Å². The second-order valence-corrected chi connectivity index (χ2v) is 8.67. The van der Waals surface area contributed by atoms with E-state index < -0.39 is 0 Å². The third kappa shape index (κ3) is 4.42. The van der Waals surface area contributed by atoms with E-state index in [4.69, 9.17) is 0 Å². The number of carbonyl (C=O) groups excluding carboxylic acids is 1. The fourth-order valence-corrected chi connectivity index (χ4v) is 4.56. The van der Waals surface area contributed by atoms with Crippen LogP contribution in [0.4, 0.5) is 5.69 Å². The highest BCUT2D eigenvalue weighted by atomic mass is 16.2. The molecule has 5 nitrogen and oxygen atoms in total. The molecule has 0 spiro atoms. The van der Waals surface area contributed by atoms with Gasteiger partial charge in [0.05, 0.1) is 0 Å². The molecule has 1 saturated heterocycles. The predicted molar refractivity (Wildman–Crippen MR) is 134 cm³/mol. The van der Waals surface area contributed by atoms with Crippen LogP contribution in [0.25, 0.3) is 11.8 Å². The molecule has 0 unspecified atom stereocenters. The molecule has 1 amide bonds. The molecular formula is C28H30N4O. The lowest BCUT2D eigenvalue weighted by molar-refractivity contribution is -0.126. The van der Waals surface area contributed by atoms with Gasteiger partial charge < -0.3 is 14.4 Å². The summed E-state index contributed by atoms with van der Waals surface area (Å²) in [4.78, 5) is 17.2. The van der Waals surface area contributed by atoms with Crippen LogP contribution in [0.1, 0.15) is 28.1 Å². The average Bonchev–Trinajstić information content (AvgIpc) is 3.12. The second-order valence-electron chi connectivity index (χ2n) is 8.67. The van der Waals surface area contributed by atoms with Gasteiger partial charge in [-0.1, -0.05) is 30.3 Å². The van der Waals surface area contributed by atoms with Gasteiger partial charge in [-0.3, -0.25) is 4.79 Å². The molecule has 2 aromatic carbocycles. The van der Waals surface area contributed by atoms with Crippen LogP contribution in [0.5, 0.6) is 0 Å². The van der Waals surface area contributed by atoms with Crippen molar-refractivity contribution in [2.24, 2.45) is 0 Å². The van der Waals surface area contributed by atoms with E-state index in [1.165, 1.54) is 16.8 Å². The lowest BCUT2D eigenvalue weighted by atomic mass is 10.1. The Kier molecular flexibility index (Phi) is 6.37.